The van der Waals surface area contributed by atoms with Crippen LogP contribution in [0.3, 0.4) is 0 Å². The van der Waals surface area contributed by atoms with Crippen molar-refractivity contribution in [3.8, 4) is 6.07 Å². The predicted octanol–water partition coefficient (Wildman–Crippen LogP) is 3.57. The van der Waals surface area contributed by atoms with Crippen LogP contribution in [0.4, 0.5) is 5.69 Å². The highest BCUT2D eigenvalue weighted by Crippen LogP contribution is 2.17. The lowest BCUT2D eigenvalue weighted by atomic mass is 9.98. The molecule has 0 heterocycles. The van der Waals surface area contributed by atoms with E-state index >= 15 is 0 Å². The Bertz CT molecular complexity index is 410. The number of rotatable bonds is 9. The minimum atomic E-state index is -0.410. The third-order valence-corrected chi connectivity index (χ3v) is 3.81. The van der Waals surface area contributed by atoms with Crippen molar-refractivity contribution in [3.05, 3.63) is 30.3 Å². The molecule has 0 amide bonds. The van der Waals surface area contributed by atoms with Gasteiger partial charge in [-0.25, -0.2) is 0 Å². The Hall–Kier alpha value is -1.53. The zero-order chi connectivity index (χ0) is 14.8. The Morgan fingerprint density at radius 2 is 1.85 bits per heavy atom. The fourth-order valence-corrected chi connectivity index (χ4v) is 2.22. The molecule has 0 aromatic heterocycles. The maximum absolute atomic E-state index is 9.18. The Morgan fingerprint density at radius 3 is 2.40 bits per heavy atom. The van der Waals surface area contributed by atoms with E-state index in [1.165, 1.54) is 18.5 Å². The summed E-state index contributed by atoms with van der Waals surface area (Å²) in [7, 11) is 1.86. The number of nitriles is 1. The maximum Gasteiger partial charge on any atom is 0.103 e. The predicted molar refractivity (Wildman–Crippen MR) is 85.9 cm³/mol. The number of hydrogen-bond acceptors (Lipinski definition) is 3. The number of hydrogen-bond donors (Lipinski definition) is 1. The molecule has 1 atom stereocenters. The lowest BCUT2D eigenvalue weighted by Gasteiger charge is -2.27. The quantitative estimate of drug-likeness (QED) is 0.747. The van der Waals surface area contributed by atoms with Gasteiger partial charge < -0.3 is 10.2 Å². The Kier molecular flexibility index (Phi) is 7.11. The van der Waals surface area contributed by atoms with Crippen molar-refractivity contribution in [1.29, 1.82) is 5.26 Å². The van der Waals surface area contributed by atoms with Crippen LogP contribution in [0.1, 0.15) is 39.5 Å². The molecule has 3 nitrogen and oxygen atoms in total. The van der Waals surface area contributed by atoms with Crippen LogP contribution in [0.5, 0.6) is 0 Å². The van der Waals surface area contributed by atoms with Crippen molar-refractivity contribution in [3.63, 3.8) is 0 Å². The highest BCUT2D eigenvalue weighted by molar-refractivity contribution is 5.45. The van der Waals surface area contributed by atoms with Crippen LogP contribution < -0.4 is 10.2 Å². The standard InChI is InChI=1S/C17H27N3/c1-4-5-13-20(16-10-7-6-8-11-16)14-9-12-17(2,15-18)19-3/h6-8,10-11,19H,4-5,9,12-14H2,1-3H3. The van der Waals surface area contributed by atoms with Crippen molar-refractivity contribution >= 4 is 5.69 Å². The Balaban J connectivity index is 2.56. The van der Waals surface area contributed by atoms with Gasteiger partial charge in [-0.3, -0.25) is 0 Å². The molecule has 0 fully saturated rings. The van der Waals surface area contributed by atoms with Gasteiger partial charge in [0.05, 0.1) is 6.07 Å². The lowest BCUT2D eigenvalue weighted by Crippen LogP contribution is -2.39. The minimum absolute atomic E-state index is 0.410. The Labute approximate surface area is 123 Å². The lowest BCUT2D eigenvalue weighted by molar-refractivity contribution is 0.439. The van der Waals surface area contributed by atoms with Crippen molar-refractivity contribution in [2.45, 2.75) is 45.1 Å². The smallest absolute Gasteiger partial charge is 0.103 e. The fourth-order valence-electron chi connectivity index (χ4n) is 2.22. The van der Waals surface area contributed by atoms with E-state index in [9.17, 15) is 5.26 Å². The second-order valence-corrected chi connectivity index (χ2v) is 5.47. The Morgan fingerprint density at radius 1 is 1.20 bits per heavy atom. The number of anilines is 1. The van der Waals surface area contributed by atoms with Crippen LogP contribution in [0.2, 0.25) is 0 Å². The molecule has 0 radical (unpaired) electrons. The van der Waals surface area contributed by atoms with Crippen LogP contribution in [0.25, 0.3) is 0 Å². The minimum Gasteiger partial charge on any atom is -0.372 e. The van der Waals surface area contributed by atoms with Gasteiger partial charge in [0.15, 0.2) is 0 Å². The molecule has 1 N–H and O–H groups in total. The fraction of sp³-hybridized carbons (Fsp3) is 0.588. The van der Waals surface area contributed by atoms with Gasteiger partial charge in [-0.2, -0.15) is 5.26 Å². The number of nitrogens with one attached hydrogen (secondary N) is 1. The number of unbranched alkanes of at least 4 members (excludes halogenated alkanes) is 1. The average Bonchev–Trinajstić information content (AvgIpc) is 2.51. The van der Waals surface area contributed by atoms with Gasteiger partial charge in [0.1, 0.15) is 5.54 Å². The molecule has 0 aliphatic carbocycles. The third-order valence-electron chi connectivity index (χ3n) is 3.81. The van der Waals surface area contributed by atoms with Crippen molar-refractivity contribution in [2.24, 2.45) is 0 Å². The molecule has 0 spiro atoms. The molecule has 0 aliphatic rings. The molecule has 0 saturated heterocycles. The largest absolute Gasteiger partial charge is 0.372 e. The molecule has 0 bridgehead atoms. The van der Waals surface area contributed by atoms with Crippen LogP contribution in [-0.2, 0) is 0 Å². The molecule has 1 unspecified atom stereocenters. The molecular weight excluding hydrogens is 246 g/mol. The molecule has 1 aromatic rings. The molecule has 0 saturated carbocycles. The van der Waals surface area contributed by atoms with E-state index in [0.29, 0.717) is 0 Å². The van der Waals surface area contributed by atoms with Gasteiger partial charge in [-0.15, -0.1) is 0 Å². The van der Waals surface area contributed by atoms with Gasteiger partial charge in [-0.05, 0) is 45.4 Å². The molecular formula is C17H27N3. The van der Waals surface area contributed by atoms with E-state index in [2.05, 4.69) is 53.5 Å². The van der Waals surface area contributed by atoms with E-state index in [0.717, 1.165) is 25.9 Å². The first-order valence-electron chi connectivity index (χ1n) is 7.55. The summed E-state index contributed by atoms with van der Waals surface area (Å²) >= 11 is 0. The molecule has 1 aromatic carbocycles. The normalized spacial score (nSPS) is 13.5. The van der Waals surface area contributed by atoms with Crippen molar-refractivity contribution < 1.29 is 0 Å². The highest BCUT2D eigenvalue weighted by Gasteiger charge is 2.20. The van der Waals surface area contributed by atoms with Crippen LogP contribution in [0, 0.1) is 11.3 Å². The zero-order valence-corrected chi connectivity index (χ0v) is 13.0. The maximum atomic E-state index is 9.18. The van der Waals surface area contributed by atoms with E-state index < -0.39 is 5.54 Å². The first-order valence-corrected chi connectivity index (χ1v) is 7.55. The summed E-state index contributed by atoms with van der Waals surface area (Å²) in [6, 6.07) is 12.9. The third kappa shape index (κ3) is 5.22. The summed E-state index contributed by atoms with van der Waals surface area (Å²) in [6.07, 6.45) is 4.30. The van der Waals surface area contributed by atoms with Crippen LogP contribution in [0.15, 0.2) is 30.3 Å². The molecule has 110 valence electrons. The summed E-state index contributed by atoms with van der Waals surface area (Å²) in [5.41, 5.74) is 0.872. The highest BCUT2D eigenvalue weighted by atomic mass is 15.1. The van der Waals surface area contributed by atoms with E-state index in [-0.39, 0.29) is 0 Å². The summed E-state index contributed by atoms with van der Waals surface area (Å²) in [4.78, 5) is 2.43. The SMILES string of the molecule is CCCCN(CCCC(C)(C#N)NC)c1ccccc1. The summed E-state index contributed by atoms with van der Waals surface area (Å²) in [5.74, 6) is 0. The van der Waals surface area contributed by atoms with Crippen molar-refractivity contribution in [2.75, 3.05) is 25.0 Å². The van der Waals surface area contributed by atoms with E-state index in [1.54, 1.807) is 0 Å². The summed E-state index contributed by atoms with van der Waals surface area (Å²) < 4.78 is 0. The molecule has 20 heavy (non-hydrogen) atoms. The van der Waals surface area contributed by atoms with Crippen molar-refractivity contribution in [1.82, 2.24) is 5.32 Å². The summed E-state index contributed by atoms with van der Waals surface area (Å²) in [6.45, 7) is 6.27. The zero-order valence-electron chi connectivity index (χ0n) is 13.0. The summed E-state index contributed by atoms with van der Waals surface area (Å²) in [5, 5.41) is 12.3. The monoisotopic (exact) mass is 273 g/mol. The number of para-hydroxylation sites is 1. The van der Waals surface area contributed by atoms with Gasteiger partial charge in [0.2, 0.25) is 0 Å². The first-order chi connectivity index (χ1) is 9.65. The number of benzene rings is 1. The van der Waals surface area contributed by atoms with E-state index in [4.69, 9.17) is 0 Å². The molecule has 3 heteroatoms. The van der Waals surface area contributed by atoms with Gasteiger partial charge in [0.25, 0.3) is 0 Å². The van der Waals surface area contributed by atoms with Gasteiger partial charge in [-0.1, -0.05) is 31.5 Å². The van der Waals surface area contributed by atoms with E-state index in [1.807, 2.05) is 14.0 Å². The average molecular weight is 273 g/mol. The number of nitrogens with zero attached hydrogens (tertiary/aromatic N) is 2. The van der Waals surface area contributed by atoms with Crippen LogP contribution in [-0.4, -0.2) is 25.7 Å². The molecule has 0 aliphatic heterocycles. The molecule has 1 rings (SSSR count). The van der Waals surface area contributed by atoms with Crippen LogP contribution >= 0.6 is 0 Å². The second-order valence-electron chi connectivity index (χ2n) is 5.47. The topological polar surface area (TPSA) is 39.1 Å². The van der Waals surface area contributed by atoms with Gasteiger partial charge in [0, 0.05) is 18.8 Å². The first kappa shape index (κ1) is 16.5. The second kappa shape index (κ2) is 8.60. The van der Waals surface area contributed by atoms with Gasteiger partial charge >= 0.3 is 0 Å².